The molecule has 5 N–H and O–H groups in total. The van der Waals surface area contributed by atoms with Crippen LogP contribution in [0.2, 0.25) is 0 Å². The van der Waals surface area contributed by atoms with E-state index in [1.807, 2.05) is 6.92 Å². The third-order valence-corrected chi connectivity index (χ3v) is 9.23. The molecule has 0 aliphatic heterocycles. The van der Waals surface area contributed by atoms with Gasteiger partial charge in [-0.3, -0.25) is 28.9 Å². The second-order valence-corrected chi connectivity index (χ2v) is 12.0. The van der Waals surface area contributed by atoms with Gasteiger partial charge < -0.3 is 26.2 Å². The van der Waals surface area contributed by atoms with Gasteiger partial charge in [-0.2, -0.15) is 0 Å². The molecular weight excluding hydrogens is 540 g/mol. The molecule has 1 aromatic rings. The van der Waals surface area contributed by atoms with Crippen molar-refractivity contribution in [1.29, 1.82) is 0 Å². The zero-order chi connectivity index (χ0) is 31.1. The monoisotopic (exact) mass is 582 g/mol. The summed E-state index contributed by atoms with van der Waals surface area (Å²) >= 11 is 0. The van der Waals surface area contributed by atoms with Crippen molar-refractivity contribution in [2.45, 2.75) is 64.1 Å². The summed E-state index contributed by atoms with van der Waals surface area (Å²) < 4.78 is 0. The van der Waals surface area contributed by atoms with E-state index in [0.717, 1.165) is 38.6 Å². The standard InChI is InChI=1S/C31H42N4O7/c1-6-35(7-2)12-8-9-16(3)33-30(41)18-10-11-22(36)23-19(18)13-17-14-21-25(34(4)5)27(38)24(29(32)40)28(39)31(21,42)15-20(17)26(23)37/h10-11,15-17,21,24-25,36,42H,6-9,12-14H2,1-5H3,(H2,32,40)(H,33,41)/t16?,17-,21-,24?,25-,31+/m0/s1. The Morgan fingerprint density at radius 3 is 2.43 bits per heavy atom. The van der Waals surface area contributed by atoms with Crippen LogP contribution in [0, 0.1) is 17.8 Å². The maximum absolute atomic E-state index is 13.8. The van der Waals surface area contributed by atoms with E-state index in [1.54, 1.807) is 19.0 Å². The number of nitrogens with two attached hydrogens (primary N) is 1. The minimum Gasteiger partial charge on any atom is -0.507 e. The molecule has 2 amide bonds. The summed E-state index contributed by atoms with van der Waals surface area (Å²) in [5.41, 5.74) is 3.86. The number of Topliss-reactive ketones (excluding diaryl/α,β-unsaturated/α-hetero) is 3. The van der Waals surface area contributed by atoms with Crippen molar-refractivity contribution in [3.63, 3.8) is 0 Å². The van der Waals surface area contributed by atoms with Crippen LogP contribution in [-0.4, -0.2) is 101 Å². The first kappa shape index (κ1) is 31.5. The normalized spacial score (nSPS) is 27.7. The van der Waals surface area contributed by atoms with Crippen LogP contribution in [0.25, 0.3) is 0 Å². The average Bonchev–Trinajstić information content (AvgIpc) is 2.91. The van der Waals surface area contributed by atoms with Gasteiger partial charge >= 0.3 is 0 Å². The number of likely N-dealkylation sites (N-methyl/N-ethyl adjacent to an activating group) is 1. The molecule has 3 aliphatic carbocycles. The summed E-state index contributed by atoms with van der Waals surface area (Å²) in [7, 11) is 3.22. The number of hydrogen-bond acceptors (Lipinski definition) is 9. The average molecular weight is 583 g/mol. The highest BCUT2D eigenvalue weighted by atomic mass is 16.3. The van der Waals surface area contributed by atoms with Crippen molar-refractivity contribution in [3.8, 4) is 5.75 Å². The van der Waals surface area contributed by atoms with Gasteiger partial charge in [-0.15, -0.1) is 0 Å². The van der Waals surface area contributed by atoms with Crippen molar-refractivity contribution in [1.82, 2.24) is 15.1 Å². The maximum atomic E-state index is 13.8. The summed E-state index contributed by atoms with van der Waals surface area (Å²) in [4.78, 5) is 69.7. The number of carbonyl (C=O) groups is 5. The van der Waals surface area contributed by atoms with Crippen molar-refractivity contribution in [2.24, 2.45) is 23.5 Å². The summed E-state index contributed by atoms with van der Waals surface area (Å²) in [5, 5.41) is 25.4. The predicted molar refractivity (Wildman–Crippen MR) is 155 cm³/mol. The fourth-order valence-electron chi connectivity index (χ4n) is 6.99. The molecule has 11 heteroatoms. The van der Waals surface area contributed by atoms with Gasteiger partial charge in [0.25, 0.3) is 5.91 Å². The van der Waals surface area contributed by atoms with E-state index < -0.39 is 52.7 Å². The lowest BCUT2D eigenvalue weighted by Gasteiger charge is -2.50. The quantitative estimate of drug-likeness (QED) is 0.292. The van der Waals surface area contributed by atoms with E-state index in [2.05, 4.69) is 24.1 Å². The van der Waals surface area contributed by atoms with Crippen molar-refractivity contribution in [3.05, 3.63) is 40.5 Å². The molecule has 4 rings (SSSR count). The molecular formula is C31H42N4O7. The number of fused-ring (bicyclic) bond motifs is 3. The number of hydrogen-bond donors (Lipinski definition) is 4. The van der Waals surface area contributed by atoms with Crippen molar-refractivity contribution >= 4 is 29.2 Å². The highest BCUT2D eigenvalue weighted by Crippen LogP contribution is 2.49. The van der Waals surface area contributed by atoms with Crippen molar-refractivity contribution < 1.29 is 34.2 Å². The molecule has 11 nitrogen and oxygen atoms in total. The molecule has 42 heavy (non-hydrogen) atoms. The molecule has 1 aromatic carbocycles. The number of phenols is 1. The summed E-state index contributed by atoms with van der Waals surface area (Å²) in [6.45, 7) is 9.01. The van der Waals surface area contributed by atoms with Crippen LogP contribution < -0.4 is 11.1 Å². The molecule has 0 radical (unpaired) electrons. The first-order valence-corrected chi connectivity index (χ1v) is 14.7. The Labute approximate surface area is 246 Å². The number of benzene rings is 1. The molecule has 1 saturated carbocycles. The molecule has 1 fully saturated rings. The Bertz CT molecular complexity index is 1330. The van der Waals surface area contributed by atoms with Gasteiger partial charge in [0.05, 0.1) is 11.6 Å². The first-order chi connectivity index (χ1) is 19.8. The molecule has 0 heterocycles. The third-order valence-electron chi connectivity index (χ3n) is 9.23. The smallest absolute Gasteiger partial charge is 0.251 e. The molecule has 3 aliphatic rings. The molecule has 228 valence electrons. The van der Waals surface area contributed by atoms with E-state index in [4.69, 9.17) is 5.73 Å². The Balaban J connectivity index is 1.66. The zero-order valence-electron chi connectivity index (χ0n) is 25.0. The van der Waals surface area contributed by atoms with Crippen LogP contribution in [-0.2, 0) is 20.8 Å². The number of ketones is 3. The van der Waals surface area contributed by atoms with Crippen LogP contribution in [0.4, 0.5) is 0 Å². The zero-order valence-corrected chi connectivity index (χ0v) is 25.0. The lowest BCUT2D eigenvalue weighted by molar-refractivity contribution is -0.164. The van der Waals surface area contributed by atoms with Crippen LogP contribution in [0.5, 0.6) is 5.75 Å². The number of rotatable bonds is 10. The van der Waals surface area contributed by atoms with Gasteiger partial charge in [0.2, 0.25) is 5.91 Å². The van der Waals surface area contributed by atoms with Crippen LogP contribution >= 0.6 is 0 Å². The summed E-state index contributed by atoms with van der Waals surface area (Å²) in [6.07, 6.45) is 3.11. The fourth-order valence-corrected chi connectivity index (χ4v) is 6.99. The number of allylic oxidation sites excluding steroid dienone is 1. The van der Waals surface area contributed by atoms with Crippen LogP contribution in [0.3, 0.4) is 0 Å². The number of amides is 2. The molecule has 0 bridgehead atoms. The van der Waals surface area contributed by atoms with E-state index in [-0.39, 0.29) is 47.2 Å². The van der Waals surface area contributed by atoms with Crippen LogP contribution in [0.15, 0.2) is 23.8 Å². The highest BCUT2D eigenvalue weighted by Gasteiger charge is 2.62. The largest absolute Gasteiger partial charge is 0.507 e. The second kappa shape index (κ2) is 12.1. The lowest BCUT2D eigenvalue weighted by atomic mass is 9.57. The summed E-state index contributed by atoms with van der Waals surface area (Å²) in [5.74, 6) is -7.44. The molecule has 0 spiro atoms. The van der Waals surface area contributed by atoms with Gasteiger partial charge in [-0.05, 0) is 96.0 Å². The summed E-state index contributed by atoms with van der Waals surface area (Å²) in [6, 6.07) is 1.69. The van der Waals surface area contributed by atoms with E-state index in [0.29, 0.717) is 5.56 Å². The van der Waals surface area contributed by atoms with Gasteiger partial charge in [0, 0.05) is 23.1 Å². The number of aliphatic hydroxyl groups is 1. The third kappa shape index (κ3) is 5.41. The van der Waals surface area contributed by atoms with Crippen LogP contribution in [0.1, 0.15) is 66.3 Å². The fraction of sp³-hybridized carbons (Fsp3) is 0.581. The minimum absolute atomic E-state index is 0.0451. The van der Waals surface area contributed by atoms with Gasteiger partial charge in [-0.25, -0.2) is 0 Å². The number of phenolic OH excluding ortho intramolecular Hbond substituents is 1. The number of carbonyl (C=O) groups excluding carboxylic acids is 5. The first-order valence-electron chi connectivity index (χ1n) is 14.7. The van der Waals surface area contributed by atoms with E-state index in [1.165, 1.54) is 12.1 Å². The highest BCUT2D eigenvalue weighted by molar-refractivity contribution is 6.25. The predicted octanol–water partition coefficient (Wildman–Crippen LogP) is 0.848. The van der Waals surface area contributed by atoms with Crippen molar-refractivity contribution in [2.75, 3.05) is 33.7 Å². The molecule has 0 saturated heterocycles. The molecule has 0 aromatic heterocycles. The number of nitrogens with one attached hydrogen (secondary N) is 1. The Kier molecular flexibility index (Phi) is 9.05. The molecule has 6 atom stereocenters. The second-order valence-electron chi connectivity index (χ2n) is 12.0. The van der Waals surface area contributed by atoms with Gasteiger partial charge in [-0.1, -0.05) is 13.8 Å². The van der Waals surface area contributed by atoms with E-state index in [9.17, 15) is 34.2 Å². The lowest BCUT2D eigenvalue weighted by Crippen LogP contribution is -2.68. The Hall–Kier alpha value is -3.41. The minimum atomic E-state index is -2.27. The topological polar surface area (TPSA) is 170 Å². The molecule has 2 unspecified atom stereocenters. The SMILES string of the molecule is CCN(CC)CCCC(C)NC(=O)c1ccc(O)c2c1C[C@H]1C[C@H]3[C@H](N(C)C)C(=O)C(C(N)=O)C(=O)[C@@]3(O)C=C1C2=O. The number of aromatic hydroxyl groups is 1. The Morgan fingerprint density at radius 2 is 1.83 bits per heavy atom. The van der Waals surface area contributed by atoms with E-state index >= 15 is 0 Å². The van der Waals surface area contributed by atoms with Gasteiger partial charge in [0.1, 0.15) is 11.4 Å². The number of primary amides is 1. The number of nitrogens with zero attached hydrogens (tertiary/aromatic N) is 2. The van der Waals surface area contributed by atoms with Gasteiger partial charge in [0.15, 0.2) is 23.3 Å². The maximum Gasteiger partial charge on any atom is 0.251 e. The Morgan fingerprint density at radius 1 is 1.17 bits per heavy atom.